The minimum Gasteiger partial charge on any atom is -0.481 e. The summed E-state index contributed by atoms with van der Waals surface area (Å²) in [5.74, 6) is -2.60. The molecule has 0 aromatic heterocycles. The number of aliphatic carboxylic acids is 1. The number of hydrogen-bond donors (Lipinski definition) is 1. The summed E-state index contributed by atoms with van der Waals surface area (Å²) in [4.78, 5) is 10.8. The Kier molecular flexibility index (Phi) is 4.33. The Balaban J connectivity index is 3.14. The van der Waals surface area contributed by atoms with E-state index in [4.69, 9.17) is 16.7 Å². The summed E-state index contributed by atoms with van der Waals surface area (Å²) in [7, 11) is 0. The standard InChI is InChI=1S/C11H11BrClFO2/c1-5(6(2)11(15)16)7-3-4-8(12)9(13)10(7)14/h3-6H,1-2H3,(H,15,16). The smallest absolute Gasteiger partial charge is 0.306 e. The summed E-state index contributed by atoms with van der Waals surface area (Å²) in [6, 6.07) is 3.17. The van der Waals surface area contributed by atoms with Gasteiger partial charge in [-0.25, -0.2) is 4.39 Å². The monoisotopic (exact) mass is 308 g/mol. The van der Waals surface area contributed by atoms with Crippen molar-refractivity contribution in [2.75, 3.05) is 0 Å². The molecule has 2 atom stereocenters. The van der Waals surface area contributed by atoms with E-state index < -0.39 is 23.6 Å². The van der Waals surface area contributed by atoms with Crippen LogP contribution < -0.4 is 0 Å². The predicted octanol–water partition coefficient (Wildman–Crippen LogP) is 4.07. The summed E-state index contributed by atoms with van der Waals surface area (Å²) >= 11 is 8.85. The van der Waals surface area contributed by atoms with Gasteiger partial charge in [-0.1, -0.05) is 31.5 Å². The molecule has 2 unspecified atom stereocenters. The van der Waals surface area contributed by atoms with Crippen molar-refractivity contribution in [2.24, 2.45) is 5.92 Å². The molecule has 2 nitrogen and oxygen atoms in total. The highest BCUT2D eigenvalue weighted by Crippen LogP contribution is 2.33. The molecular formula is C11H11BrClFO2. The van der Waals surface area contributed by atoms with Crippen LogP contribution in [-0.2, 0) is 4.79 Å². The number of rotatable bonds is 3. The zero-order chi connectivity index (χ0) is 12.5. The molecule has 1 aromatic rings. The van der Waals surface area contributed by atoms with Gasteiger partial charge in [-0.3, -0.25) is 4.79 Å². The summed E-state index contributed by atoms with van der Waals surface area (Å²) in [5.41, 5.74) is 0.322. The van der Waals surface area contributed by atoms with Gasteiger partial charge < -0.3 is 5.11 Å². The highest BCUT2D eigenvalue weighted by Gasteiger charge is 2.24. The van der Waals surface area contributed by atoms with Crippen molar-refractivity contribution in [3.63, 3.8) is 0 Å². The first-order valence-corrected chi connectivity index (χ1v) is 5.89. The van der Waals surface area contributed by atoms with Gasteiger partial charge in [-0.05, 0) is 33.5 Å². The molecule has 0 heterocycles. The lowest BCUT2D eigenvalue weighted by molar-refractivity contribution is -0.141. The number of carboxylic acids is 1. The Morgan fingerprint density at radius 3 is 2.56 bits per heavy atom. The van der Waals surface area contributed by atoms with Gasteiger partial charge in [-0.2, -0.15) is 0 Å². The molecule has 1 N–H and O–H groups in total. The molecule has 0 bridgehead atoms. The van der Waals surface area contributed by atoms with Crippen LogP contribution >= 0.6 is 27.5 Å². The van der Waals surface area contributed by atoms with Gasteiger partial charge in [0.25, 0.3) is 0 Å². The van der Waals surface area contributed by atoms with Crippen LogP contribution in [0.2, 0.25) is 5.02 Å². The second-order valence-corrected chi connectivity index (χ2v) is 4.91. The van der Waals surface area contributed by atoms with Crippen LogP contribution in [0, 0.1) is 11.7 Å². The number of hydrogen-bond acceptors (Lipinski definition) is 1. The molecule has 1 aromatic carbocycles. The topological polar surface area (TPSA) is 37.3 Å². The third-order valence-corrected chi connectivity index (χ3v) is 3.95. The largest absolute Gasteiger partial charge is 0.481 e. The molecule has 0 aliphatic carbocycles. The lowest BCUT2D eigenvalue weighted by Crippen LogP contribution is -2.17. The Morgan fingerprint density at radius 2 is 2.06 bits per heavy atom. The molecule has 5 heteroatoms. The van der Waals surface area contributed by atoms with Crippen molar-refractivity contribution < 1.29 is 14.3 Å². The maximum absolute atomic E-state index is 13.8. The molecule has 0 amide bonds. The van der Waals surface area contributed by atoms with E-state index in [0.29, 0.717) is 10.0 Å². The third-order valence-electron chi connectivity index (χ3n) is 2.70. The van der Waals surface area contributed by atoms with Gasteiger partial charge in [0.2, 0.25) is 0 Å². The zero-order valence-corrected chi connectivity index (χ0v) is 11.1. The van der Waals surface area contributed by atoms with E-state index >= 15 is 0 Å². The second-order valence-electron chi connectivity index (χ2n) is 3.68. The maximum atomic E-state index is 13.8. The van der Waals surface area contributed by atoms with Crippen LogP contribution in [0.15, 0.2) is 16.6 Å². The molecule has 0 aliphatic heterocycles. The van der Waals surface area contributed by atoms with Crippen molar-refractivity contribution in [3.8, 4) is 0 Å². The lowest BCUT2D eigenvalue weighted by atomic mass is 9.89. The fourth-order valence-corrected chi connectivity index (χ4v) is 1.85. The van der Waals surface area contributed by atoms with Crippen LogP contribution in [0.25, 0.3) is 0 Å². The second kappa shape index (κ2) is 5.15. The van der Waals surface area contributed by atoms with E-state index in [1.54, 1.807) is 26.0 Å². The SMILES string of the molecule is CC(C(=O)O)C(C)c1ccc(Br)c(Cl)c1F. The predicted molar refractivity (Wildman–Crippen MR) is 64.3 cm³/mol. The van der Waals surface area contributed by atoms with Crippen LogP contribution in [0.1, 0.15) is 25.3 Å². The van der Waals surface area contributed by atoms with Crippen LogP contribution in [0.5, 0.6) is 0 Å². The molecule has 0 aliphatic rings. The van der Waals surface area contributed by atoms with E-state index in [2.05, 4.69) is 15.9 Å². The zero-order valence-electron chi connectivity index (χ0n) is 8.80. The first kappa shape index (κ1) is 13.5. The van der Waals surface area contributed by atoms with Gasteiger partial charge in [-0.15, -0.1) is 0 Å². The van der Waals surface area contributed by atoms with Crippen LogP contribution in [0.3, 0.4) is 0 Å². The molecule has 0 saturated heterocycles. The molecular weight excluding hydrogens is 298 g/mol. The number of benzene rings is 1. The fourth-order valence-electron chi connectivity index (χ4n) is 1.38. The van der Waals surface area contributed by atoms with Crippen molar-refractivity contribution >= 4 is 33.5 Å². The number of carboxylic acid groups (broad SMARTS) is 1. The van der Waals surface area contributed by atoms with Gasteiger partial charge in [0.15, 0.2) is 0 Å². The van der Waals surface area contributed by atoms with Crippen molar-refractivity contribution in [1.82, 2.24) is 0 Å². The minimum atomic E-state index is -0.953. The minimum absolute atomic E-state index is 0.0121. The molecule has 0 fully saturated rings. The molecule has 16 heavy (non-hydrogen) atoms. The maximum Gasteiger partial charge on any atom is 0.306 e. The van der Waals surface area contributed by atoms with E-state index in [9.17, 15) is 9.18 Å². The van der Waals surface area contributed by atoms with Gasteiger partial charge in [0.1, 0.15) is 5.82 Å². The van der Waals surface area contributed by atoms with Crippen molar-refractivity contribution in [1.29, 1.82) is 0 Å². The molecule has 0 saturated carbocycles. The Morgan fingerprint density at radius 1 is 1.50 bits per heavy atom. The van der Waals surface area contributed by atoms with Crippen LogP contribution in [-0.4, -0.2) is 11.1 Å². The summed E-state index contributed by atoms with van der Waals surface area (Å²) in [6.07, 6.45) is 0. The van der Waals surface area contributed by atoms with Gasteiger partial charge in [0, 0.05) is 4.47 Å². The first-order chi connectivity index (χ1) is 7.36. The van der Waals surface area contributed by atoms with Crippen molar-refractivity contribution in [2.45, 2.75) is 19.8 Å². The fraction of sp³-hybridized carbons (Fsp3) is 0.364. The first-order valence-electron chi connectivity index (χ1n) is 4.72. The Hall–Kier alpha value is -0.610. The highest BCUT2D eigenvalue weighted by molar-refractivity contribution is 9.10. The highest BCUT2D eigenvalue weighted by atomic mass is 79.9. The number of halogens is 3. The quantitative estimate of drug-likeness (QED) is 0.855. The van der Waals surface area contributed by atoms with Gasteiger partial charge >= 0.3 is 5.97 Å². The third kappa shape index (κ3) is 2.55. The number of carbonyl (C=O) groups is 1. The summed E-state index contributed by atoms with van der Waals surface area (Å²) in [5, 5.41) is 8.85. The molecule has 0 spiro atoms. The molecule has 0 radical (unpaired) electrons. The lowest BCUT2D eigenvalue weighted by Gasteiger charge is -2.17. The van der Waals surface area contributed by atoms with E-state index in [-0.39, 0.29) is 5.02 Å². The average Bonchev–Trinajstić information content (AvgIpc) is 2.24. The van der Waals surface area contributed by atoms with Crippen LogP contribution in [0.4, 0.5) is 4.39 Å². The Labute approximate surface area is 107 Å². The van der Waals surface area contributed by atoms with Crippen molar-refractivity contribution in [3.05, 3.63) is 33.0 Å². The van der Waals surface area contributed by atoms with E-state index in [1.165, 1.54) is 0 Å². The average molecular weight is 310 g/mol. The summed E-state index contributed by atoms with van der Waals surface area (Å²) < 4.78 is 14.2. The van der Waals surface area contributed by atoms with Gasteiger partial charge in [0.05, 0.1) is 10.9 Å². The Bertz CT molecular complexity index is 423. The normalized spacial score (nSPS) is 14.6. The molecule has 88 valence electrons. The van der Waals surface area contributed by atoms with E-state index in [0.717, 1.165) is 0 Å². The molecule has 1 rings (SSSR count). The summed E-state index contributed by atoms with van der Waals surface area (Å²) in [6.45, 7) is 3.21. The van der Waals surface area contributed by atoms with E-state index in [1.807, 2.05) is 0 Å².